The Balaban J connectivity index is 2.58. The molecule has 6 N–H and O–H groups in total. The van der Waals surface area contributed by atoms with Crippen molar-refractivity contribution >= 4 is 11.9 Å². The second-order valence-corrected chi connectivity index (χ2v) is 23.6. The van der Waals surface area contributed by atoms with Gasteiger partial charge in [0.2, 0.25) is 5.91 Å². The van der Waals surface area contributed by atoms with Gasteiger partial charge in [-0.2, -0.15) is 0 Å². The Morgan fingerprint density at radius 3 is 1.25 bits per heavy atom. The predicted octanol–water partition coefficient (Wildman–Crippen LogP) is 17.5. The van der Waals surface area contributed by atoms with Crippen LogP contribution in [0.2, 0.25) is 0 Å². The van der Waals surface area contributed by atoms with Gasteiger partial charge in [0.25, 0.3) is 0 Å². The number of esters is 1. The molecule has 1 saturated heterocycles. The molecule has 1 aliphatic heterocycles. The summed E-state index contributed by atoms with van der Waals surface area (Å²) in [5, 5.41) is 57.1. The normalized spacial score (nSPS) is 19.1. The van der Waals surface area contributed by atoms with Crippen molar-refractivity contribution < 1.29 is 49.3 Å². The summed E-state index contributed by atoms with van der Waals surface area (Å²) in [6.07, 6.45) is 70.1. The summed E-state index contributed by atoms with van der Waals surface area (Å²) in [5.41, 5.74) is 0. The minimum absolute atomic E-state index is 0.113. The number of allylic oxidation sites excluding steroid dienone is 15. The van der Waals surface area contributed by atoms with Gasteiger partial charge in [-0.15, -0.1) is 0 Å². The lowest BCUT2D eigenvalue weighted by atomic mass is 9.99. The van der Waals surface area contributed by atoms with E-state index in [4.69, 9.17) is 14.2 Å². The van der Waals surface area contributed by atoms with Crippen LogP contribution in [0.15, 0.2) is 97.2 Å². The van der Waals surface area contributed by atoms with Crippen LogP contribution >= 0.6 is 0 Å². The quantitative estimate of drug-likeness (QED) is 0.0195. The summed E-state index contributed by atoms with van der Waals surface area (Å²) in [7, 11) is 0. The van der Waals surface area contributed by atoms with Crippen LogP contribution in [-0.4, -0.2) is 99.6 Å². The van der Waals surface area contributed by atoms with E-state index in [0.717, 1.165) is 103 Å². The van der Waals surface area contributed by atoms with Crippen LogP contribution in [0.1, 0.15) is 290 Å². The Morgan fingerprint density at radius 1 is 0.464 bits per heavy atom. The maximum Gasteiger partial charge on any atom is 0.306 e. The average molecular weight is 1180 g/mol. The zero-order chi connectivity index (χ0) is 61.0. The summed E-state index contributed by atoms with van der Waals surface area (Å²) in [5.74, 6) is -1.22. The van der Waals surface area contributed by atoms with Gasteiger partial charge >= 0.3 is 5.97 Å². The van der Waals surface area contributed by atoms with Crippen LogP contribution in [0, 0.1) is 0 Å². The average Bonchev–Trinajstić information content (AvgIpc) is 3.69. The molecule has 84 heavy (non-hydrogen) atoms. The van der Waals surface area contributed by atoms with Crippen LogP contribution in [0.5, 0.6) is 0 Å². The van der Waals surface area contributed by atoms with Crippen LogP contribution in [0.4, 0.5) is 0 Å². The molecule has 0 spiro atoms. The minimum atomic E-state index is -1.62. The van der Waals surface area contributed by atoms with Gasteiger partial charge in [-0.3, -0.25) is 9.59 Å². The maximum atomic E-state index is 13.4. The molecule has 1 amide bonds. The monoisotopic (exact) mass is 1180 g/mol. The van der Waals surface area contributed by atoms with E-state index in [2.05, 4.69) is 111 Å². The summed E-state index contributed by atoms with van der Waals surface area (Å²) in [6, 6.07) is -1.04. The van der Waals surface area contributed by atoms with E-state index in [1.54, 1.807) is 6.08 Å². The number of amides is 1. The highest BCUT2D eigenvalue weighted by molar-refractivity contribution is 5.80. The fourth-order valence-corrected chi connectivity index (χ4v) is 10.2. The molecule has 0 aromatic heterocycles. The van der Waals surface area contributed by atoms with Crippen molar-refractivity contribution in [2.45, 2.75) is 339 Å². The van der Waals surface area contributed by atoms with E-state index in [0.29, 0.717) is 12.8 Å². The van der Waals surface area contributed by atoms with Crippen molar-refractivity contribution in [2.24, 2.45) is 0 Å². The molecule has 484 valence electrons. The Bertz CT molecular complexity index is 1740. The molecule has 1 aliphatic rings. The molecule has 8 unspecified atom stereocenters. The van der Waals surface area contributed by atoms with E-state index < -0.39 is 67.4 Å². The molecular weight excluding hydrogens is 1050 g/mol. The van der Waals surface area contributed by atoms with Crippen molar-refractivity contribution in [3.8, 4) is 0 Å². The molecule has 1 rings (SSSR count). The molecule has 8 atom stereocenters. The van der Waals surface area contributed by atoms with Gasteiger partial charge in [-0.1, -0.05) is 272 Å². The van der Waals surface area contributed by atoms with Crippen LogP contribution in [-0.2, 0) is 23.8 Å². The molecule has 0 saturated carbocycles. The number of hydrogen-bond donors (Lipinski definition) is 6. The zero-order valence-corrected chi connectivity index (χ0v) is 53.7. The third-order valence-electron chi connectivity index (χ3n) is 15.7. The molecule has 11 heteroatoms. The predicted molar refractivity (Wildman–Crippen MR) is 352 cm³/mol. The molecule has 0 radical (unpaired) electrons. The first-order valence-electron chi connectivity index (χ1n) is 34.5. The van der Waals surface area contributed by atoms with E-state index in [1.807, 2.05) is 6.08 Å². The number of ether oxygens (including phenoxy) is 3. The summed E-state index contributed by atoms with van der Waals surface area (Å²) >= 11 is 0. The molecule has 0 bridgehead atoms. The van der Waals surface area contributed by atoms with Gasteiger partial charge in [-0.25, -0.2) is 0 Å². The summed E-state index contributed by atoms with van der Waals surface area (Å²) < 4.78 is 17.7. The number of unbranched alkanes of at least 4 members (excludes halogenated alkanes) is 30. The fraction of sp³-hybridized carbons (Fsp3) is 0.753. The lowest BCUT2D eigenvalue weighted by Gasteiger charge is -2.41. The van der Waals surface area contributed by atoms with Crippen LogP contribution < -0.4 is 5.32 Å². The highest BCUT2D eigenvalue weighted by atomic mass is 16.7. The van der Waals surface area contributed by atoms with Crippen molar-refractivity contribution in [1.29, 1.82) is 0 Å². The van der Waals surface area contributed by atoms with Crippen molar-refractivity contribution in [3.05, 3.63) is 97.2 Å². The third-order valence-corrected chi connectivity index (χ3v) is 15.7. The van der Waals surface area contributed by atoms with Crippen LogP contribution in [0.3, 0.4) is 0 Å². The lowest BCUT2D eigenvalue weighted by Crippen LogP contribution is -2.61. The Labute approximate surface area is 514 Å². The Morgan fingerprint density at radius 2 is 0.821 bits per heavy atom. The van der Waals surface area contributed by atoms with E-state index >= 15 is 0 Å². The molecule has 1 fully saturated rings. The highest BCUT2D eigenvalue weighted by Crippen LogP contribution is 2.26. The topological polar surface area (TPSA) is 175 Å². The highest BCUT2D eigenvalue weighted by Gasteiger charge is 2.47. The molecule has 0 aliphatic carbocycles. The Hall–Kier alpha value is -3.42. The number of nitrogens with one attached hydrogen (secondary N) is 1. The second-order valence-electron chi connectivity index (χ2n) is 23.6. The first-order valence-corrected chi connectivity index (χ1v) is 34.5. The SMILES string of the molecule is CCCCC/C=C\C/C=C\C/C=C\C/C=C\CCCCCCCCCCCCCC(=O)OC1C(OCC(NC(=O)C(O)CCCCC/C=C\C/C=C\C/C=C\CCCCC)C(O)/C=C/CCCCCCCCCCCC)OC(CO)C(O)C1O. The number of aliphatic hydroxyl groups is 5. The van der Waals surface area contributed by atoms with E-state index in [1.165, 1.54) is 141 Å². The molecule has 1 heterocycles. The Kier molecular flexibility index (Phi) is 56.0. The lowest BCUT2D eigenvalue weighted by molar-refractivity contribution is -0.305. The van der Waals surface area contributed by atoms with Crippen LogP contribution in [0.25, 0.3) is 0 Å². The second kappa shape index (κ2) is 59.9. The number of carbonyl (C=O) groups is 2. The third kappa shape index (κ3) is 46.8. The van der Waals surface area contributed by atoms with Gasteiger partial charge in [0, 0.05) is 6.42 Å². The van der Waals surface area contributed by atoms with E-state index in [9.17, 15) is 35.1 Å². The molecule has 11 nitrogen and oxygen atoms in total. The van der Waals surface area contributed by atoms with Gasteiger partial charge in [0.15, 0.2) is 12.4 Å². The van der Waals surface area contributed by atoms with Crippen molar-refractivity contribution in [1.82, 2.24) is 5.32 Å². The summed E-state index contributed by atoms with van der Waals surface area (Å²) in [6.45, 7) is 5.73. The standard InChI is InChI=1S/C73H127NO10/c1-4-7-10-13-16-19-22-25-27-29-30-31-32-33-34-35-36-37-38-39-41-43-46-49-52-55-58-61-68(78)84-71-70(80)69(79)67(62-75)83-73(71)82-63-64(65(76)59-56-53-50-47-44-24-21-18-15-12-9-6-3)74-72(81)66(77)60-57-54-51-48-45-42-40-28-26-23-20-17-14-11-8-5-2/h16-17,19-20,25-28,30-31,33-34,42,45,56,59,64-67,69-71,73,75-77,79-80H,4-15,18,21-24,29,32,35-41,43-44,46-55,57-58,60-63H2,1-3H3,(H,74,81)/b19-16-,20-17-,27-25-,28-26-,31-30-,34-33-,45-42-,59-56+. The minimum Gasteiger partial charge on any atom is -0.454 e. The molecule has 0 aromatic rings. The molecule has 0 aromatic carbocycles. The fourth-order valence-electron chi connectivity index (χ4n) is 10.2. The number of carbonyl (C=O) groups excluding carboxylic acids is 2. The number of rotatable bonds is 58. The van der Waals surface area contributed by atoms with Gasteiger partial charge in [-0.05, 0) is 109 Å². The first-order chi connectivity index (χ1) is 41.2. The van der Waals surface area contributed by atoms with Crippen molar-refractivity contribution in [3.63, 3.8) is 0 Å². The van der Waals surface area contributed by atoms with E-state index in [-0.39, 0.29) is 19.4 Å². The number of hydrogen-bond acceptors (Lipinski definition) is 10. The van der Waals surface area contributed by atoms with Gasteiger partial charge in [0.1, 0.15) is 24.4 Å². The number of aliphatic hydroxyl groups excluding tert-OH is 5. The smallest absolute Gasteiger partial charge is 0.306 e. The largest absolute Gasteiger partial charge is 0.454 e. The van der Waals surface area contributed by atoms with Gasteiger partial charge < -0.3 is 45.1 Å². The molecular formula is C73H127NO10. The first kappa shape index (κ1) is 78.6. The zero-order valence-electron chi connectivity index (χ0n) is 53.7. The van der Waals surface area contributed by atoms with Gasteiger partial charge in [0.05, 0.1) is 25.4 Å². The van der Waals surface area contributed by atoms with Crippen molar-refractivity contribution in [2.75, 3.05) is 13.2 Å². The maximum absolute atomic E-state index is 13.4. The summed E-state index contributed by atoms with van der Waals surface area (Å²) in [4.78, 5) is 26.6.